The quantitative estimate of drug-likeness (QED) is 0.748. The molecular formula is C15H18FNO3. The van der Waals surface area contributed by atoms with Gasteiger partial charge < -0.3 is 10.2 Å². The number of carbonyl (C=O) groups is 1. The molecule has 0 aromatic heterocycles. The molecule has 1 aromatic rings. The number of nitrogens with zero attached hydrogens (tertiary/aromatic N) is 1. The molecule has 1 aliphatic carbocycles. The Morgan fingerprint density at radius 1 is 1.45 bits per heavy atom. The maximum absolute atomic E-state index is 13.6. The Morgan fingerprint density at radius 2 is 2.20 bits per heavy atom. The van der Waals surface area contributed by atoms with Gasteiger partial charge in [-0.2, -0.15) is 0 Å². The number of carboxylic acid groups (broad SMARTS) is 1. The van der Waals surface area contributed by atoms with Gasteiger partial charge in [0.2, 0.25) is 0 Å². The average molecular weight is 279 g/mol. The molecule has 2 rings (SSSR count). The van der Waals surface area contributed by atoms with Gasteiger partial charge in [0.1, 0.15) is 5.82 Å². The molecular weight excluding hydrogens is 261 g/mol. The summed E-state index contributed by atoms with van der Waals surface area (Å²) in [5.41, 5.74) is 1.18. The van der Waals surface area contributed by atoms with Crippen LogP contribution in [0.3, 0.4) is 0 Å². The molecule has 4 nitrogen and oxygen atoms in total. The van der Waals surface area contributed by atoms with Crippen LogP contribution in [0.5, 0.6) is 0 Å². The zero-order chi connectivity index (χ0) is 14.5. The van der Waals surface area contributed by atoms with Gasteiger partial charge in [-0.15, -0.1) is 0 Å². The number of hydrogen-bond acceptors (Lipinski definition) is 3. The topological polar surface area (TPSA) is 60.8 Å². The van der Waals surface area contributed by atoms with Gasteiger partial charge >= 0.3 is 5.97 Å². The Balaban J connectivity index is 2.11. The summed E-state index contributed by atoms with van der Waals surface area (Å²) in [6.07, 6.45) is 4.45. The molecule has 0 spiro atoms. The minimum absolute atomic E-state index is 0.101. The van der Waals surface area contributed by atoms with Gasteiger partial charge in [-0.05, 0) is 36.6 Å². The van der Waals surface area contributed by atoms with E-state index in [0.717, 1.165) is 24.5 Å². The lowest BCUT2D eigenvalue weighted by atomic mass is 10.1. The second-order valence-corrected chi connectivity index (χ2v) is 4.95. The first kappa shape index (κ1) is 14.7. The summed E-state index contributed by atoms with van der Waals surface area (Å²) in [7, 11) is 0. The van der Waals surface area contributed by atoms with Crippen molar-refractivity contribution >= 4 is 12.0 Å². The molecule has 0 heterocycles. The largest absolute Gasteiger partial charge is 0.478 e. The predicted molar refractivity (Wildman–Crippen MR) is 73.6 cm³/mol. The molecule has 0 aliphatic heterocycles. The number of rotatable bonds is 7. The molecule has 0 bridgehead atoms. The monoisotopic (exact) mass is 279 g/mol. The summed E-state index contributed by atoms with van der Waals surface area (Å²) in [6.45, 7) is 1.34. The summed E-state index contributed by atoms with van der Waals surface area (Å²) < 4.78 is 13.6. The number of benzene rings is 1. The van der Waals surface area contributed by atoms with Crippen LogP contribution in [-0.2, 0) is 11.3 Å². The van der Waals surface area contributed by atoms with Crippen molar-refractivity contribution in [1.82, 2.24) is 4.90 Å². The summed E-state index contributed by atoms with van der Waals surface area (Å²) in [4.78, 5) is 12.6. The van der Waals surface area contributed by atoms with Crippen LogP contribution in [0.4, 0.5) is 4.39 Å². The Bertz CT molecular complexity index is 512. The molecule has 0 amide bonds. The molecule has 1 saturated carbocycles. The first-order valence-electron chi connectivity index (χ1n) is 6.64. The van der Waals surface area contributed by atoms with Crippen molar-refractivity contribution < 1.29 is 19.4 Å². The molecule has 1 aliphatic rings. The Kier molecular flexibility index (Phi) is 4.87. The normalized spacial score (nSPS) is 15.2. The standard InChI is InChI=1S/C15H18FNO3/c16-14-5-1-11(9-12(14)2-6-15(19)20)10-17(7-8-18)13-3-4-13/h1-2,5-6,9,13,18H,3-4,7-8,10H2,(H,19,20). The molecule has 0 atom stereocenters. The van der Waals surface area contributed by atoms with Crippen molar-refractivity contribution in [3.63, 3.8) is 0 Å². The molecule has 2 N–H and O–H groups in total. The van der Waals surface area contributed by atoms with Crippen LogP contribution in [0, 0.1) is 5.82 Å². The lowest BCUT2D eigenvalue weighted by Crippen LogP contribution is -2.28. The second-order valence-electron chi connectivity index (χ2n) is 4.95. The summed E-state index contributed by atoms with van der Waals surface area (Å²) >= 11 is 0. The van der Waals surface area contributed by atoms with Gasteiger partial charge in [0.15, 0.2) is 0 Å². The maximum atomic E-state index is 13.6. The fourth-order valence-corrected chi connectivity index (χ4v) is 2.17. The highest BCUT2D eigenvalue weighted by Crippen LogP contribution is 2.28. The number of halogens is 1. The van der Waals surface area contributed by atoms with Crippen LogP contribution >= 0.6 is 0 Å². The molecule has 5 heteroatoms. The zero-order valence-electron chi connectivity index (χ0n) is 11.1. The van der Waals surface area contributed by atoms with Crippen molar-refractivity contribution in [2.24, 2.45) is 0 Å². The average Bonchev–Trinajstić information content (AvgIpc) is 3.23. The first-order valence-corrected chi connectivity index (χ1v) is 6.64. The van der Waals surface area contributed by atoms with Gasteiger partial charge in [0, 0.05) is 30.8 Å². The number of aliphatic hydroxyl groups excluding tert-OH is 1. The van der Waals surface area contributed by atoms with Gasteiger partial charge in [0.05, 0.1) is 6.61 Å². The summed E-state index contributed by atoms with van der Waals surface area (Å²) in [5, 5.41) is 17.6. The third-order valence-electron chi connectivity index (χ3n) is 3.30. The fourth-order valence-electron chi connectivity index (χ4n) is 2.17. The summed E-state index contributed by atoms with van der Waals surface area (Å²) in [6, 6.07) is 5.20. The molecule has 0 saturated heterocycles. The lowest BCUT2D eigenvalue weighted by Gasteiger charge is -2.21. The van der Waals surface area contributed by atoms with Crippen LogP contribution in [0.25, 0.3) is 6.08 Å². The molecule has 20 heavy (non-hydrogen) atoms. The van der Waals surface area contributed by atoms with Crippen molar-refractivity contribution in [3.05, 3.63) is 41.2 Å². The number of aliphatic hydroxyl groups is 1. The Morgan fingerprint density at radius 3 is 2.80 bits per heavy atom. The smallest absolute Gasteiger partial charge is 0.328 e. The molecule has 0 radical (unpaired) electrons. The Labute approximate surface area is 117 Å². The first-order chi connectivity index (χ1) is 9.60. The summed E-state index contributed by atoms with van der Waals surface area (Å²) in [5.74, 6) is -1.54. The molecule has 0 unspecified atom stereocenters. The van der Waals surface area contributed by atoms with E-state index in [1.807, 2.05) is 0 Å². The van der Waals surface area contributed by atoms with E-state index in [9.17, 15) is 9.18 Å². The predicted octanol–water partition coefficient (Wildman–Crippen LogP) is 1.88. The minimum Gasteiger partial charge on any atom is -0.478 e. The SMILES string of the molecule is O=C(O)C=Cc1cc(CN(CCO)C2CC2)ccc1F. The van der Waals surface area contributed by atoms with Crippen LogP contribution in [-0.4, -0.2) is 40.3 Å². The van der Waals surface area contributed by atoms with E-state index in [4.69, 9.17) is 10.2 Å². The highest BCUT2D eigenvalue weighted by atomic mass is 19.1. The van der Waals surface area contributed by atoms with Crippen molar-refractivity contribution in [2.75, 3.05) is 13.2 Å². The highest BCUT2D eigenvalue weighted by molar-refractivity contribution is 5.85. The number of aliphatic carboxylic acids is 1. The van der Waals surface area contributed by atoms with Crippen molar-refractivity contribution in [2.45, 2.75) is 25.4 Å². The number of carboxylic acids is 1. The molecule has 108 valence electrons. The van der Waals surface area contributed by atoms with Gasteiger partial charge in [-0.3, -0.25) is 4.90 Å². The van der Waals surface area contributed by atoms with Crippen LogP contribution < -0.4 is 0 Å². The molecule has 1 aromatic carbocycles. The van der Waals surface area contributed by atoms with Crippen LogP contribution in [0.2, 0.25) is 0 Å². The second kappa shape index (κ2) is 6.63. The Hall–Kier alpha value is -1.72. The van der Waals surface area contributed by atoms with E-state index in [2.05, 4.69) is 4.90 Å². The fraction of sp³-hybridized carbons (Fsp3) is 0.400. The van der Waals surface area contributed by atoms with Crippen LogP contribution in [0.1, 0.15) is 24.0 Å². The van der Waals surface area contributed by atoms with Gasteiger partial charge in [-0.25, -0.2) is 9.18 Å². The molecule has 1 fully saturated rings. The zero-order valence-corrected chi connectivity index (χ0v) is 11.1. The third kappa shape index (κ3) is 4.15. The van der Waals surface area contributed by atoms with E-state index in [-0.39, 0.29) is 12.2 Å². The maximum Gasteiger partial charge on any atom is 0.328 e. The van der Waals surface area contributed by atoms with E-state index in [1.165, 1.54) is 12.1 Å². The third-order valence-corrected chi connectivity index (χ3v) is 3.30. The van der Waals surface area contributed by atoms with E-state index < -0.39 is 11.8 Å². The van der Waals surface area contributed by atoms with Crippen molar-refractivity contribution in [1.29, 1.82) is 0 Å². The van der Waals surface area contributed by atoms with E-state index in [0.29, 0.717) is 19.1 Å². The van der Waals surface area contributed by atoms with Gasteiger partial charge in [0.25, 0.3) is 0 Å². The number of hydrogen-bond donors (Lipinski definition) is 2. The highest BCUT2D eigenvalue weighted by Gasteiger charge is 2.28. The minimum atomic E-state index is -1.10. The van der Waals surface area contributed by atoms with E-state index in [1.54, 1.807) is 12.1 Å². The van der Waals surface area contributed by atoms with E-state index >= 15 is 0 Å². The van der Waals surface area contributed by atoms with Crippen LogP contribution in [0.15, 0.2) is 24.3 Å². The van der Waals surface area contributed by atoms with Gasteiger partial charge in [-0.1, -0.05) is 6.07 Å². The van der Waals surface area contributed by atoms with Crippen molar-refractivity contribution in [3.8, 4) is 0 Å². The lowest BCUT2D eigenvalue weighted by molar-refractivity contribution is -0.131.